The fraction of sp³-hybridized carbons (Fsp3) is 0.439. The van der Waals surface area contributed by atoms with E-state index in [1.54, 1.807) is 72.0 Å². The van der Waals surface area contributed by atoms with Crippen molar-refractivity contribution in [2.75, 3.05) is 25.1 Å². The third-order valence-corrected chi connectivity index (χ3v) is 15.6. The highest BCUT2D eigenvalue weighted by Crippen LogP contribution is 2.55. The van der Waals surface area contributed by atoms with Gasteiger partial charge in [0.05, 0.1) is 54.1 Å². The van der Waals surface area contributed by atoms with Crippen LogP contribution < -0.4 is 33.7 Å². The fourth-order valence-corrected chi connectivity index (χ4v) is 11.0. The Balaban J connectivity index is 0.833. The molecule has 0 saturated heterocycles. The van der Waals surface area contributed by atoms with E-state index in [1.165, 1.54) is 17.8 Å². The number of allylic oxidation sites excluding steroid dienone is 1. The van der Waals surface area contributed by atoms with Gasteiger partial charge in [-0.1, -0.05) is 43.8 Å². The molecule has 1 N–H and O–H groups in total. The molecular formula is C57H65NO13S2. The second-order valence-electron chi connectivity index (χ2n) is 18.5. The van der Waals surface area contributed by atoms with Gasteiger partial charge in [-0.2, -0.15) is 0 Å². The normalized spacial score (nSPS) is 19.0. The Kier molecular flexibility index (Phi) is 21.0. The Morgan fingerprint density at radius 1 is 0.521 bits per heavy atom. The van der Waals surface area contributed by atoms with Gasteiger partial charge in [0.15, 0.2) is 11.5 Å². The lowest BCUT2D eigenvalue weighted by Crippen LogP contribution is -2.30. The smallest absolute Gasteiger partial charge is 0.330 e. The molecule has 73 heavy (non-hydrogen) atoms. The lowest BCUT2D eigenvalue weighted by Gasteiger charge is -2.26. The first-order valence-corrected chi connectivity index (χ1v) is 27.2. The summed E-state index contributed by atoms with van der Waals surface area (Å²) in [5, 5.41) is 5.30. The third-order valence-electron chi connectivity index (χ3n) is 13.2. The highest BCUT2D eigenvalue weighted by molar-refractivity contribution is 8.00. The van der Waals surface area contributed by atoms with Crippen LogP contribution in [-0.4, -0.2) is 55.5 Å². The number of hydrogen-bond donors (Lipinski definition) is 1. The number of anilines is 1. The molecule has 2 aliphatic carbocycles. The van der Waals surface area contributed by atoms with Crippen LogP contribution in [0.2, 0.25) is 0 Å². The second-order valence-corrected chi connectivity index (χ2v) is 20.6. The van der Waals surface area contributed by atoms with Crippen LogP contribution in [0.25, 0.3) is 0 Å². The molecule has 388 valence electrons. The number of rotatable bonds is 27. The van der Waals surface area contributed by atoms with Gasteiger partial charge in [-0.15, -0.1) is 11.3 Å². The fourth-order valence-electron chi connectivity index (χ4n) is 8.96. The number of ketones is 1. The Morgan fingerprint density at radius 2 is 0.973 bits per heavy atom. The molecule has 0 bridgehead atoms. The minimum Gasteiger partial charge on any atom is -0.494 e. The van der Waals surface area contributed by atoms with E-state index in [2.05, 4.69) is 18.5 Å². The van der Waals surface area contributed by atoms with Crippen LogP contribution in [0.1, 0.15) is 119 Å². The molecule has 7 rings (SSSR count). The summed E-state index contributed by atoms with van der Waals surface area (Å²) in [6, 6.07) is 21.2. The van der Waals surface area contributed by atoms with Crippen molar-refractivity contribution >= 4 is 64.4 Å². The summed E-state index contributed by atoms with van der Waals surface area (Å²) in [6.45, 7) is 8.36. The Bertz CT molecular complexity index is 2490. The minimum atomic E-state index is -0.408. The number of hydrogen-bond acceptors (Lipinski definition) is 16. The molecule has 2 fully saturated rings. The first-order chi connectivity index (χ1) is 35.6. The van der Waals surface area contributed by atoms with Crippen molar-refractivity contribution in [3.05, 3.63) is 108 Å². The van der Waals surface area contributed by atoms with Crippen molar-refractivity contribution < 1.29 is 61.9 Å². The van der Waals surface area contributed by atoms with Crippen LogP contribution in [-0.2, 0) is 33.5 Å². The van der Waals surface area contributed by atoms with E-state index in [0.29, 0.717) is 123 Å². The van der Waals surface area contributed by atoms with Gasteiger partial charge in [-0.05, 0) is 168 Å². The average molecular weight is 1040 g/mol. The number of unbranched alkanes of at least 4 members (excludes halogenated alkanes) is 6. The molecule has 0 radical (unpaired) electrons. The molecule has 2 saturated carbocycles. The van der Waals surface area contributed by atoms with Gasteiger partial charge in [-0.3, -0.25) is 24.0 Å². The van der Waals surface area contributed by atoms with Gasteiger partial charge in [-0.25, -0.2) is 4.79 Å². The number of ether oxygens (including phenoxy) is 7. The number of fused-ring (bicyclic) bond motifs is 1. The first-order valence-electron chi connectivity index (χ1n) is 25.5. The number of nitrogens with one attached hydrogen (secondary N) is 1. The van der Waals surface area contributed by atoms with E-state index in [4.69, 9.17) is 33.2 Å². The number of esters is 5. The van der Waals surface area contributed by atoms with E-state index in [9.17, 15) is 28.8 Å². The maximum atomic E-state index is 13.7. The van der Waals surface area contributed by atoms with Gasteiger partial charge < -0.3 is 38.5 Å². The lowest BCUT2D eigenvalue weighted by molar-refractivity contribution is -0.145. The topological polar surface area (TPSA) is 179 Å². The SMILES string of the molecule is C=CC(=O)CCCCCCOc1ccc(OC(=O)[C@H]2CC[C@H](C(=O)Oc3ccc(OC(=O)[C@H]4CC[C@H](C(=O)Oc5ccc(OCCCCCCOC(=O)C=C)cc5)CC4)c4c3NC(c3cccs3)S4)CC2)cc1. The zero-order valence-corrected chi connectivity index (χ0v) is 42.9. The van der Waals surface area contributed by atoms with Gasteiger partial charge in [0.2, 0.25) is 0 Å². The van der Waals surface area contributed by atoms with Gasteiger partial charge >= 0.3 is 29.8 Å². The molecule has 1 aromatic heterocycles. The predicted molar refractivity (Wildman–Crippen MR) is 278 cm³/mol. The highest BCUT2D eigenvalue weighted by atomic mass is 32.2. The molecule has 3 aliphatic rings. The third kappa shape index (κ3) is 16.6. The Morgan fingerprint density at radius 3 is 1.45 bits per heavy atom. The van der Waals surface area contributed by atoms with E-state index in [0.717, 1.165) is 62.3 Å². The van der Waals surface area contributed by atoms with Crippen molar-refractivity contribution in [3.63, 3.8) is 0 Å². The van der Waals surface area contributed by atoms with Crippen LogP contribution in [0.3, 0.4) is 0 Å². The van der Waals surface area contributed by atoms with Crippen molar-refractivity contribution in [1.29, 1.82) is 0 Å². The molecule has 1 atom stereocenters. The molecule has 1 aliphatic heterocycles. The summed E-state index contributed by atoms with van der Waals surface area (Å²) >= 11 is 3.08. The van der Waals surface area contributed by atoms with Gasteiger partial charge in [0, 0.05) is 17.4 Å². The number of thioether (sulfide) groups is 1. The van der Waals surface area contributed by atoms with Crippen LogP contribution >= 0.6 is 23.1 Å². The molecule has 1 unspecified atom stereocenters. The maximum Gasteiger partial charge on any atom is 0.330 e. The van der Waals surface area contributed by atoms with Crippen molar-refractivity contribution in [1.82, 2.24) is 0 Å². The number of benzene rings is 3. The molecular weight excluding hydrogens is 971 g/mol. The highest BCUT2D eigenvalue weighted by Gasteiger charge is 2.37. The summed E-state index contributed by atoms with van der Waals surface area (Å²) in [5.41, 5.74) is 0.577. The average Bonchev–Trinajstić information content (AvgIpc) is 4.13. The van der Waals surface area contributed by atoms with Crippen LogP contribution in [0.15, 0.2) is 108 Å². The monoisotopic (exact) mass is 1040 g/mol. The lowest BCUT2D eigenvalue weighted by atomic mass is 9.82. The number of carbonyl (C=O) groups is 6. The van der Waals surface area contributed by atoms with E-state index >= 15 is 0 Å². The molecule has 14 nitrogen and oxygen atoms in total. The standard InChI is InChI=1S/C57H65NO13S2/c1-3-42(59)14-9-5-6-10-34-65-43-24-28-45(29-25-43)68-54(61)38-16-20-40(21-17-38)56(63)70-47-32-33-48(52-51(47)58-53(73-52)49-15-13-37-72-49)71-57(64)41-22-18-39(19-23-41)55(62)69-46-30-26-44(27-31-46)66-35-11-7-8-12-36-67-50(60)4-2/h3-4,13,15,24-33,37-41,53,58H,1-2,5-12,14,16-23,34-36H2/t38-,39-,40-,41-,53?. The summed E-state index contributed by atoms with van der Waals surface area (Å²) < 4.78 is 40.2. The van der Waals surface area contributed by atoms with Crippen LogP contribution in [0.5, 0.6) is 34.5 Å². The minimum absolute atomic E-state index is 0.0729. The quantitative estimate of drug-likeness (QED) is 0.0258. The zero-order chi connectivity index (χ0) is 51.4. The van der Waals surface area contributed by atoms with E-state index < -0.39 is 17.8 Å². The van der Waals surface area contributed by atoms with E-state index in [-0.39, 0.29) is 46.9 Å². The largest absolute Gasteiger partial charge is 0.494 e. The van der Waals surface area contributed by atoms with Crippen molar-refractivity contribution in [3.8, 4) is 34.5 Å². The molecule has 3 aromatic carbocycles. The Hall–Kier alpha value is -6.39. The molecule has 16 heteroatoms. The van der Waals surface area contributed by atoms with E-state index in [1.807, 2.05) is 17.5 Å². The molecule has 4 aromatic rings. The second kappa shape index (κ2) is 28.2. The predicted octanol–water partition coefficient (Wildman–Crippen LogP) is 12.4. The van der Waals surface area contributed by atoms with Crippen molar-refractivity contribution in [2.24, 2.45) is 23.7 Å². The molecule has 0 spiro atoms. The number of carbonyl (C=O) groups excluding carboxylic acids is 6. The van der Waals surface area contributed by atoms with Gasteiger partial charge in [0.1, 0.15) is 34.1 Å². The van der Waals surface area contributed by atoms with Crippen molar-refractivity contribution in [2.45, 2.75) is 119 Å². The first kappa shape index (κ1) is 54.4. The molecule has 0 amide bonds. The van der Waals surface area contributed by atoms with Crippen LogP contribution in [0, 0.1) is 23.7 Å². The summed E-state index contributed by atoms with van der Waals surface area (Å²) in [6.07, 6.45) is 14.0. The molecule has 2 heterocycles. The maximum absolute atomic E-state index is 13.7. The number of thiophene rings is 1. The summed E-state index contributed by atoms with van der Waals surface area (Å²) in [7, 11) is 0. The van der Waals surface area contributed by atoms with Crippen LogP contribution in [0.4, 0.5) is 5.69 Å². The Labute approximate surface area is 435 Å². The summed E-state index contributed by atoms with van der Waals surface area (Å²) in [4.78, 5) is 77.9. The van der Waals surface area contributed by atoms with Gasteiger partial charge in [0.25, 0.3) is 0 Å². The summed E-state index contributed by atoms with van der Waals surface area (Å²) in [5.74, 6) is -0.331. The zero-order valence-electron chi connectivity index (χ0n) is 41.2.